The Morgan fingerprint density at radius 3 is 2.23 bits per heavy atom. The molecule has 0 radical (unpaired) electrons. The number of rotatable bonds is 17. The third-order valence-corrected chi connectivity index (χ3v) is 4.16. The summed E-state index contributed by atoms with van der Waals surface area (Å²) < 4.78 is 31.8. The van der Waals surface area contributed by atoms with Gasteiger partial charge in [-0.15, -0.1) is 0 Å². The highest BCUT2D eigenvalue weighted by Gasteiger charge is 2.58. The SMILES string of the molecule is CCC(OCCCO)(C(=O)O)C(=O)C(OC)(OCCOc1ccccc1)OCOC. The summed E-state index contributed by atoms with van der Waals surface area (Å²) in [4.78, 5) is 25.3. The molecule has 30 heavy (non-hydrogen) atoms. The van der Waals surface area contributed by atoms with E-state index in [2.05, 4.69) is 0 Å². The lowest BCUT2D eigenvalue weighted by Crippen LogP contribution is -2.62. The second kappa shape index (κ2) is 13.3. The van der Waals surface area contributed by atoms with Gasteiger partial charge in [0.05, 0.1) is 13.2 Å². The van der Waals surface area contributed by atoms with Crippen molar-refractivity contribution < 1.29 is 48.2 Å². The van der Waals surface area contributed by atoms with E-state index in [0.717, 1.165) is 7.11 Å². The molecule has 170 valence electrons. The van der Waals surface area contributed by atoms with E-state index in [1.165, 1.54) is 14.0 Å². The fourth-order valence-electron chi connectivity index (χ4n) is 2.57. The van der Waals surface area contributed by atoms with Crippen LogP contribution in [0.4, 0.5) is 0 Å². The molecule has 0 aliphatic rings. The fourth-order valence-corrected chi connectivity index (χ4v) is 2.57. The third-order valence-electron chi connectivity index (χ3n) is 4.16. The first-order valence-electron chi connectivity index (χ1n) is 9.45. The number of aliphatic hydroxyl groups is 1. The van der Waals surface area contributed by atoms with Crippen molar-refractivity contribution in [1.82, 2.24) is 0 Å². The average molecular weight is 430 g/mol. The molecule has 10 nitrogen and oxygen atoms in total. The average Bonchev–Trinajstić information content (AvgIpc) is 2.77. The van der Waals surface area contributed by atoms with E-state index in [9.17, 15) is 14.7 Å². The van der Waals surface area contributed by atoms with Crippen LogP contribution in [0.15, 0.2) is 30.3 Å². The number of benzene rings is 1. The third kappa shape index (κ3) is 6.73. The van der Waals surface area contributed by atoms with E-state index in [-0.39, 0.29) is 39.3 Å². The van der Waals surface area contributed by atoms with Crippen LogP contribution in [0.25, 0.3) is 0 Å². The van der Waals surface area contributed by atoms with Crippen molar-refractivity contribution >= 4 is 11.8 Å². The first kappa shape index (κ1) is 26.0. The predicted molar refractivity (Wildman–Crippen MR) is 104 cm³/mol. The lowest BCUT2D eigenvalue weighted by Gasteiger charge is -2.36. The zero-order valence-electron chi connectivity index (χ0n) is 17.5. The first-order chi connectivity index (χ1) is 14.4. The Labute approximate surface area is 175 Å². The molecule has 10 heteroatoms. The lowest BCUT2D eigenvalue weighted by molar-refractivity contribution is -0.367. The molecule has 0 aromatic heterocycles. The summed E-state index contributed by atoms with van der Waals surface area (Å²) in [7, 11) is 2.47. The molecule has 0 aliphatic heterocycles. The summed E-state index contributed by atoms with van der Waals surface area (Å²) >= 11 is 0. The number of para-hydroxylation sites is 1. The van der Waals surface area contributed by atoms with Crippen LogP contribution in [0.1, 0.15) is 19.8 Å². The van der Waals surface area contributed by atoms with Gasteiger partial charge in [0, 0.05) is 20.8 Å². The number of ether oxygens (including phenoxy) is 6. The van der Waals surface area contributed by atoms with Crippen molar-refractivity contribution in [3.8, 4) is 5.75 Å². The molecule has 0 spiro atoms. The van der Waals surface area contributed by atoms with Gasteiger partial charge in [-0.05, 0) is 25.0 Å². The maximum Gasteiger partial charge on any atom is 0.352 e. The van der Waals surface area contributed by atoms with Crippen LogP contribution in [0.2, 0.25) is 0 Å². The minimum absolute atomic E-state index is 0.0380. The number of carbonyl (C=O) groups excluding carboxylic acids is 1. The molecular formula is C20H30O10. The number of aliphatic carboxylic acids is 1. The predicted octanol–water partition coefficient (Wildman–Crippen LogP) is 1.20. The van der Waals surface area contributed by atoms with Gasteiger partial charge >= 0.3 is 11.9 Å². The van der Waals surface area contributed by atoms with Crippen LogP contribution >= 0.6 is 0 Å². The van der Waals surface area contributed by atoms with Crippen LogP contribution in [0.5, 0.6) is 5.75 Å². The molecule has 0 aliphatic carbocycles. The summed E-state index contributed by atoms with van der Waals surface area (Å²) in [5, 5.41) is 18.7. The topological polar surface area (TPSA) is 130 Å². The molecule has 0 saturated heterocycles. The minimum Gasteiger partial charge on any atom is -0.491 e. The van der Waals surface area contributed by atoms with Crippen molar-refractivity contribution in [3.63, 3.8) is 0 Å². The summed E-state index contributed by atoms with van der Waals surface area (Å²) in [5.41, 5.74) is -2.31. The summed E-state index contributed by atoms with van der Waals surface area (Å²) in [6, 6.07) is 8.93. The van der Waals surface area contributed by atoms with Gasteiger partial charge in [-0.2, -0.15) is 0 Å². The Morgan fingerprint density at radius 2 is 1.70 bits per heavy atom. The smallest absolute Gasteiger partial charge is 0.352 e. The normalized spacial score (nSPS) is 15.2. The highest BCUT2D eigenvalue weighted by Crippen LogP contribution is 2.29. The van der Waals surface area contributed by atoms with Crippen molar-refractivity contribution in [2.75, 3.05) is 47.4 Å². The van der Waals surface area contributed by atoms with Gasteiger partial charge in [0.1, 0.15) is 12.4 Å². The summed E-state index contributed by atoms with van der Waals surface area (Å²) in [5.74, 6) is -4.43. The molecule has 2 N–H and O–H groups in total. The van der Waals surface area contributed by atoms with Gasteiger partial charge in [0.15, 0.2) is 6.79 Å². The van der Waals surface area contributed by atoms with Crippen LogP contribution in [-0.2, 0) is 33.3 Å². The largest absolute Gasteiger partial charge is 0.491 e. The maximum atomic E-state index is 13.3. The Morgan fingerprint density at radius 1 is 1.00 bits per heavy atom. The van der Waals surface area contributed by atoms with Crippen LogP contribution in [-0.4, -0.2) is 81.0 Å². The molecule has 1 aromatic rings. The first-order valence-corrected chi connectivity index (χ1v) is 9.45. The van der Waals surface area contributed by atoms with Gasteiger partial charge in [-0.1, -0.05) is 25.1 Å². The van der Waals surface area contributed by atoms with Gasteiger partial charge in [-0.3, -0.25) is 9.53 Å². The number of carboxylic acid groups (broad SMARTS) is 1. The van der Waals surface area contributed by atoms with Gasteiger partial charge in [-0.25, -0.2) is 4.79 Å². The number of carboxylic acids is 1. The lowest BCUT2D eigenvalue weighted by atomic mass is 9.92. The van der Waals surface area contributed by atoms with Crippen molar-refractivity contribution in [1.29, 1.82) is 0 Å². The Balaban J connectivity index is 3.02. The van der Waals surface area contributed by atoms with Crippen LogP contribution in [0, 0.1) is 0 Å². The van der Waals surface area contributed by atoms with E-state index in [1.54, 1.807) is 24.3 Å². The Bertz CT molecular complexity index is 638. The van der Waals surface area contributed by atoms with Crippen molar-refractivity contribution in [2.45, 2.75) is 31.3 Å². The van der Waals surface area contributed by atoms with E-state index >= 15 is 0 Å². The Hall–Kier alpha value is -2.08. The highest BCUT2D eigenvalue weighted by atomic mass is 16.9. The second-order valence-corrected chi connectivity index (χ2v) is 6.06. The number of carbonyl (C=O) groups is 2. The fraction of sp³-hybridized carbons (Fsp3) is 0.600. The molecule has 0 amide bonds. The number of aliphatic hydroxyl groups excluding tert-OH is 1. The molecule has 0 saturated carbocycles. The standard InChI is InChI=1S/C20H30O10/c1-4-19(18(23)24,28-12-8-11-21)17(22)20(26-3,30-15-25-2)29-14-13-27-16-9-6-5-7-10-16/h5-7,9-10,21H,4,8,11-15H2,1-3H3,(H,23,24). The summed E-state index contributed by atoms with van der Waals surface area (Å²) in [6.45, 7) is 0.556. The maximum absolute atomic E-state index is 13.3. The van der Waals surface area contributed by atoms with Crippen LogP contribution in [0.3, 0.4) is 0 Å². The molecule has 1 rings (SSSR count). The van der Waals surface area contributed by atoms with E-state index < -0.39 is 30.1 Å². The van der Waals surface area contributed by atoms with Gasteiger partial charge in [0.2, 0.25) is 5.60 Å². The monoisotopic (exact) mass is 430 g/mol. The molecule has 2 unspecified atom stereocenters. The molecule has 2 atom stereocenters. The zero-order valence-corrected chi connectivity index (χ0v) is 17.5. The quantitative estimate of drug-likeness (QED) is 0.211. The van der Waals surface area contributed by atoms with Gasteiger partial charge < -0.3 is 33.9 Å². The molecule has 0 bridgehead atoms. The number of Topliss-reactive ketones (excluding diaryl/α,β-unsaturated/α-hetero) is 1. The number of hydrogen-bond donors (Lipinski definition) is 2. The zero-order chi connectivity index (χ0) is 22.5. The highest BCUT2D eigenvalue weighted by molar-refractivity contribution is 6.09. The van der Waals surface area contributed by atoms with E-state index in [4.69, 9.17) is 33.5 Å². The molecular weight excluding hydrogens is 400 g/mol. The second-order valence-electron chi connectivity index (χ2n) is 6.06. The number of hydrogen-bond acceptors (Lipinski definition) is 9. The summed E-state index contributed by atoms with van der Waals surface area (Å²) in [6.07, 6.45) is -0.0785. The molecule has 0 heterocycles. The molecule has 1 aromatic carbocycles. The van der Waals surface area contributed by atoms with Crippen molar-refractivity contribution in [3.05, 3.63) is 30.3 Å². The minimum atomic E-state index is -2.40. The number of ketones is 1. The number of methoxy groups -OCH3 is 2. The van der Waals surface area contributed by atoms with Crippen molar-refractivity contribution in [2.24, 2.45) is 0 Å². The van der Waals surface area contributed by atoms with E-state index in [1.807, 2.05) is 6.07 Å². The van der Waals surface area contributed by atoms with Crippen LogP contribution < -0.4 is 4.74 Å². The Kier molecular flexibility index (Phi) is 11.5. The van der Waals surface area contributed by atoms with E-state index in [0.29, 0.717) is 5.75 Å². The van der Waals surface area contributed by atoms with Gasteiger partial charge in [0.25, 0.3) is 5.78 Å². The molecule has 0 fully saturated rings.